The van der Waals surface area contributed by atoms with Crippen molar-refractivity contribution < 1.29 is 23.7 Å². The van der Waals surface area contributed by atoms with Gasteiger partial charge in [0.15, 0.2) is 5.60 Å². The number of amides is 2. The molecular weight excluding hydrogens is 378 g/mol. The summed E-state index contributed by atoms with van der Waals surface area (Å²) < 4.78 is 10.0. The van der Waals surface area contributed by atoms with E-state index in [1.807, 2.05) is 12.1 Å². The molecule has 1 unspecified atom stereocenters. The van der Waals surface area contributed by atoms with E-state index in [0.29, 0.717) is 38.2 Å². The largest absolute Gasteiger partial charge is 0.479 e. The van der Waals surface area contributed by atoms with Crippen molar-refractivity contribution in [2.75, 3.05) is 20.2 Å². The van der Waals surface area contributed by atoms with Gasteiger partial charge in [0.25, 0.3) is 17.7 Å². The molecule has 10 nitrogen and oxygen atoms in total. The van der Waals surface area contributed by atoms with Crippen molar-refractivity contribution in [2.45, 2.75) is 31.4 Å². The maximum Gasteiger partial charge on any atom is 0.292 e. The highest BCUT2D eigenvalue weighted by atomic mass is 16.7. The Morgan fingerprint density at radius 3 is 3.07 bits per heavy atom. The lowest BCUT2D eigenvalue weighted by Crippen LogP contribution is -2.51. The van der Waals surface area contributed by atoms with E-state index < -0.39 is 5.60 Å². The monoisotopic (exact) mass is 399 g/mol. The smallest absolute Gasteiger partial charge is 0.292 e. The molecule has 0 aromatic carbocycles. The molecular formula is C19H21N5O5. The molecule has 4 rings (SSSR count). The molecule has 0 aliphatic carbocycles. The van der Waals surface area contributed by atoms with E-state index in [0.717, 1.165) is 12.0 Å². The predicted octanol–water partition coefficient (Wildman–Crippen LogP) is 1.15. The van der Waals surface area contributed by atoms with Gasteiger partial charge in [0.2, 0.25) is 5.76 Å². The number of nitrogens with one attached hydrogen (secondary N) is 1. The van der Waals surface area contributed by atoms with E-state index >= 15 is 0 Å². The van der Waals surface area contributed by atoms with Gasteiger partial charge >= 0.3 is 0 Å². The number of oxime groups is 1. The van der Waals surface area contributed by atoms with Crippen LogP contribution in [0.2, 0.25) is 0 Å². The molecule has 2 aliphatic heterocycles. The van der Waals surface area contributed by atoms with Crippen molar-refractivity contribution in [3.05, 3.63) is 41.9 Å². The first-order valence-corrected chi connectivity index (χ1v) is 9.31. The van der Waals surface area contributed by atoms with Crippen molar-refractivity contribution in [3.63, 3.8) is 0 Å². The van der Waals surface area contributed by atoms with Gasteiger partial charge in [-0.1, -0.05) is 11.2 Å². The number of carbonyl (C=O) groups is 2. The molecule has 2 aromatic rings. The van der Waals surface area contributed by atoms with Crippen molar-refractivity contribution >= 4 is 17.5 Å². The Labute approximate surface area is 166 Å². The van der Waals surface area contributed by atoms with Crippen LogP contribution in [0.3, 0.4) is 0 Å². The Morgan fingerprint density at radius 2 is 2.31 bits per heavy atom. The number of nitrogens with zero attached hydrogens (tertiary/aromatic N) is 4. The Bertz CT molecular complexity index is 928. The quantitative estimate of drug-likeness (QED) is 0.801. The second kappa shape index (κ2) is 7.90. The number of likely N-dealkylation sites (tertiary alicyclic amines) is 1. The van der Waals surface area contributed by atoms with Crippen LogP contribution >= 0.6 is 0 Å². The Hall–Kier alpha value is -3.43. The average molecular weight is 399 g/mol. The zero-order valence-electron chi connectivity index (χ0n) is 16.0. The number of hydrogen-bond donors (Lipinski definition) is 1. The minimum absolute atomic E-state index is 0.104. The lowest BCUT2D eigenvalue weighted by atomic mass is 9.88. The van der Waals surface area contributed by atoms with Gasteiger partial charge in [-0.25, -0.2) is 0 Å². The zero-order valence-corrected chi connectivity index (χ0v) is 16.0. The van der Waals surface area contributed by atoms with E-state index in [1.54, 1.807) is 17.3 Å². The molecule has 1 saturated heterocycles. The SMILES string of the molecule is COc1cc(C(=O)N2CCCC3(CC(C(=O)NCc4cccnc4)=NO3)C2)on1. The molecule has 2 amide bonds. The van der Waals surface area contributed by atoms with Crippen LogP contribution in [0.4, 0.5) is 0 Å². The lowest BCUT2D eigenvalue weighted by Gasteiger charge is -2.37. The Kier molecular flexibility index (Phi) is 5.15. The molecule has 1 N–H and O–H groups in total. The zero-order chi connectivity index (χ0) is 20.3. The van der Waals surface area contributed by atoms with Crippen LogP contribution in [0, 0.1) is 0 Å². The highest BCUT2D eigenvalue weighted by Crippen LogP contribution is 2.34. The first kappa shape index (κ1) is 18.9. The molecule has 0 bridgehead atoms. The first-order chi connectivity index (χ1) is 14.1. The molecule has 0 radical (unpaired) electrons. The summed E-state index contributed by atoms with van der Waals surface area (Å²) in [7, 11) is 1.45. The van der Waals surface area contributed by atoms with Crippen molar-refractivity contribution in [1.82, 2.24) is 20.4 Å². The summed E-state index contributed by atoms with van der Waals surface area (Å²) in [5.74, 6) is -0.229. The van der Waals surface area contributed by atoms with Gasteiger partial charge in [0.1, 0.15) is 5.71 Å². The molecule has 1 atom stereocenters. The molecule has 2 aromatic heterocycles. The standard InChI is InChI=1S/C19H21N5O5/c1-27-16-8-15(28-23-16)18(26)24-7-3-5-19(12-24)9-14(22-29-19)17(25)21-11-13-4-2-6-20-10-13/h2,4,6,8,10H,3,5,7,9,11-12H2,1H3,(H,21,25). The van der Waals surface area contributed by atoms with Crippen LogP contribution < -0.4 is 10.1 Å². The number of rotatable bonds is 5. The molecule has 10 heteroatoms. The number of methoxy groups -OCH3 is 1. The summed E-state index contributed by atoms with van der Waals surface area (Å²) >= 11 is 0. The summed E-state index contributed by atoms with van der Waals surface area (Å²) in [6.45, 7) is 1.24. The third-order valence-electron chi connectivity index (χ3n) is 5.01. The fourth-order valence-corrected chi connectivity index (χ4v) is 3.53. The van der Waals surface area contributed by atoms with Crippen molar-refractivity contribution in [2.24, 2.45) is 5.16 Å². The maximum atomic E-state index is 12.7. The summed E-state index contributed by atoms with van der Waals surface area (Å²) in [5.41, 5.74) is 0.524. The fourth-order valence-electron chi connectivity index (χ4n) is 3.53. The number of pyridine rings is 1. The Morgan fingerprint density at radius 1 is 1.41 bits per heavy atom. The van der Waals surface area contributed by atoms with E-state index in [-0.39, 0.29) is 23.5 Å². The first-order valence-electron chi connectivity index (χ1n) is 9.31. The number of aromatic nitrogens is 2. The number of ether oxygens (including phenoxy) is 1. The molecule has 2 aliphatic rings. The maximum absolute atomic E-state index is 12.7. The molecule has 152 valence electrons. The van der Waals surface area contributed by atoms with Crippen LogP contribution in [0.5, 0.6) is 5.88 Å². The van der Waals surface area contributed by atoms with Crippen molar-refractivity contribution in [1.29, 1.82) is 0 Å². The second-order valence-corrected chi connectivity index (χ2v) is 7.10. The lowest BCUT2D eigenvalue weighted by molar-refractivity contribution is -0.115. The summed E-state index contributed by atoms with van der Waals surface area (Å²) in [6.07, 6.45) is 5.15. The van der Waals surface area contributed by atoms with E-state index in [4.69, 9.17) is 14.1 Å². The normalized spacial score (nSPS) is 20.9. The predicted molar refractivity (Wildman–Crippen MR) is 100 cm³/mol. The molecule has 4 heterocycles. The Balaban J connectivity index is 1.35. The molecule has 29 heavy (non-hydrogen) atoms. The van der Waals surface area contributed by atoms with Gasteiger partial charge < -0.3 is 24.3 Å². The van der Waals surface area contributed by atoms with Crippen LogP contribution in [0.1, 0.15) is 35.4 Å². The topological polar surface area (TPSA) is 119 Å². The fraction of sp³-hybridized carbons (Fsp3) is 0.421. The van der Waals surface area contributed by atoms with Gasteiger partial charge in [-0.05, 0) is 29.6 Å². The van der Waals surface area contributed by atoms with Crippen LogP contribution in [0.15, 0.2) is 40.3 Å². The van der Waals surface area contributed by atoms with Gasteiger partial charge in [-0.2, -0.15) is 0 Å². The molecule has 1 fully saturated rings. The molecule has 0 saturated carbocycles. The second-order valence-electron chi connectivity index (χ2n) is 7.10. The number of piperidine rings is 1. The molecule has 1 spiro atoms. The highest BCUT2D eigenvalue weighted by Gasteiger charge is 2.46. The van der Waals surface area contributed by atoms with Gasteiger partial charge in [0, 0.05) is 31.9 Å². The van der Waals surface area contributed by atoms with E-state index in [1.165, 1.54) is 13.2 Å². The number of carbonyl (C=O) groups excluding carboxylic acids is 2. The summed E-state index contributed by atoms with van der Waals surface area (Å²) in [6, 6.07) is 5.14. The van der Waals surface area contributed by atoms with Crippen LogP contribution in [-0.4, -0.2) is 58.4 Å². The van der Waals surface area contributed by atoms with E-state index in [9.17, 15) is 9.59 Å². The summed E-state index contributed by atoms with van der Waals surface area (Å²) in [4.78, 5) is 36.5. The van der Waals surface area contributed by atoms with Gasteiger partial charge in [0.05, 0.1) is 19.7 Å². The van der Waals surface area contributed by atoms with E-state index in [2.05, 4.69) is 20.6 Å². The number of hydrogen-bond acceptors (Lipinski definition) is 8. The van der Waals surface area contributed by atoms with Gasteiger partial charge in [-0.3, -0.25) is 14.6 Å². The van der Waals surface area contributed by atoms with Crippen molar-refractivity contribution in [3.8, 4) is 5.88 Å². The highest BCUT2D eigenvalue weighted by molar-refractivity contribution is 6.39. The minimum Gasteiger partial charge on any atom is -0.479 e. The minimum atomic E-state index is -0.695. The third kappa shape index (κ3) is 4.05. The third-order valence-corrected chi connectivity index (χ3v) is 5.01. The van der Waals surface area contributed by atoms with Crippen LogP contribution in [0.25, 0.3) is 0 Å². The summed E-state index contributed by atoms with van der Waals surface area (Å²) in [5, 5.41) is 10.5. The average Bonchev–Trinajstić information content (AvgIpc) is 3.40. The van der Waals surface area contributed by atoms with Gasteiger partial charge in [-0.15, -0.1) is 0 Å². The van der Waals surface area contributed by atoms with Crippen LogP contribution in [-0.2, 0) is 16.2 Å².